The fourth-order valence-electron chi connectivity index (χ4n) is 1.10. The second-order valence-electron chi connectivity index (χ2n) is 3.44. The number of aliphatic hydroxyl groups excluding tert-OH is 1. The Hall–Kier alpha value is -0.710. The molecule has 0 bridgehead atoms. The van der Waals surface area contributed by atoms with Crippen molar-refractivity contribution in [2.45, 2.75) is 18.7 Å². The Bertz CT molecular complexity index is 303. The molecule has 0 saturated heterocycles. The largest absolute Gasteiger partial charge is 0.385 e. The van der Waals surface area contributed by atoms with Crippen molar-refractivity contribution >= 4 is 12.4 Å². The first-order valence-corrected chi connectivity index (χ1v) is 4.30. The van der Waals surface area contributed by atoms with Crippen molar-refractivity contribution in [3.05, 3.63) is 35.6 Å². The quantitative estimate of drug-likeness (QED) is 0.844. The van der Waals surface area contributed by atoms with E-state index in [0.29, 0.717) is 5.56 Å². The van der Waals surface area contributed by atoms with Crippen molar-refractivity contribution in [2.75, 3.05) is 6.54 Å². The second kappa shape index (κ2) is 5.39. The third-order valence-electron chi connectivity index (χ3n) is 2.16. The lowest BCUT2D eigenvalue weighted by atomic mass is 9.95. The molecule has 86 valence electrons. The fraction of sp³-hybridized carbons (Fsp3) is 0.400. The lowest BCUT2D eigenvalue weighted by Gasteiger charge is -2.24. The summed E-state index contributed by atoms with van der Waals surface area (Å²) < 4.78 is 26.1. The van der Waals surface area contributed by atoms with Gasteiger partial charge in [0.2, 0.25) is 0 Å². The summed E-state index contributed by atoms with van der Waals surface area (Å²) in [7, 11) is 0. The minimum atomic E-state index is -1.89. The molecule has 3 N–H and O–H groups in total. The maximum absolute atomic E-state index is 13.5. The summed E-state index contributed by atoms with van der Waals surface area (Å²) in [4.78, 5) is 0. The van der Waals surface area contributed by atoms with Gasteiger partial charge >= 0.3 is 0 Å². The van der Waals surface area contributed by atoms with Crippen LogP contribution < -0.4 is 5.73 Å². The number of hydrogen-bond acceptors (Lipinski definition) is 2. The molecular formula is C10H14ClF2NO. The third kappa shape index (κ3) is 3.41. The van der Waals surface area contributed by atoms with Crippen LogP contribution in [0.1, 0.15) is 18.6 Å². The van der Waals surface area contributed by atoms with E-state index in [1.165, 1.54) is 31.2 Å². The average molecular weight is 238 g/mol. The Morgan fingerprint density at radius 3 is 2.27 bits per heavy atom. The highest BCUT2D eigenvalue weighted by atomic mass is 35.5. The van der Waals surface area contributed by atoms with Crippen LogP contribution in [0.25, 0.3) is 0 Å². The number of rotatable bonds is 3. The zero-order valence-corrected chi connectivity index (χ0v) is 9.10. The Morgan fingerprint density at radius 1 is 1.40 bits per heavy atom. The van der Waals surface area contributed by atoms with E-state index in [4.69, 9.17) is 5.73 Å². The summed E-state index contributed by atoms with van der Waals surface area (Å²) in [6, 6.07) is 5.03. The van der Waals surface area contributed by atoms with Gasteiger partial charge in [0.15, 0.2) is 0 Å². The summed E-state index contributed by atoms with van der Waals surface area (Å²) >= 11 is 0. The van der Waals surface area contributed by atoms with Crippen molar-refractivity contribution in [1.82, 2.24) is 0 Å². The Kier molecular flexibility index (Phi) is 5.14. The van der Waals surface area contributed by atoms with Gasteiger partial charge in [-0.25, -0.2) is 8.78 Å². The highest BCUT2D eigenvalue weighted by Crippen LogP contribution is 2.28. The molecule has 0 unspecified atom stereocenters. The van der Waals surface area contributed by atoms with Crippen molar-refractivity contribution in [1.29, 1.82) is 0 Å². The predicted octanol–water partition coefficient (Wildman–Crippen LogP) is 1.97. The highest BCUT2D eigenvalue weighted by Gasteiger charge is 2.32. The molecule has 1 aromatic rings. The van der Waals surface area contributed by atoms with E-state index in [9.17, 15) is 13.9 Å². The molecule has 0 radical (unpaired) electrons. The fourth-order valence-corrected chi connectivity index (χ4v) is 1.10. The molecule has 15 heavy (non-hydrogen) atoms. The van der Waals surface area contributed by atoms with E-state index in [-0.39, 0.29) is 19.0 Å². The van der Waals surface area contributed by atoms with E-state index < -0.39 is 17.6 Å². The zero-order valence-electron chi connectivity index (χ0n) is 8.28. The molecule has 0 amide bonds. The van der Waals surface area contributed by atoms with Crippen LogP contribution in [0.4, 0.5) is 8.78 Å². The van der Waals surface area contributed by atoms with Gasteiger partial charge in [-0.1, -0.05) is 12.1 Å². The normalized spacial score (nSPS) is 16.3. The second-order valence-corrected chi connectivity index (χ2v) is 3.44. The summed E-state index contributed by atoms with van der Waals surface area (Å²) in [5, 5.41) is 9.56. The standard InChI is InChI=1S/C10H13F2NO.ClH/c1-10(12,6-13)9(14)7-2-4-8(11)5-3-7;/h2-5,9,14H,6,13H2,1H3;1H/t9-,10-;/m0./s1. The topological polar surface area (TPSA) is 46.2 Å². The number of hydrogen-bond donors (Lipinski definition) is 2. The van der Waals surface area contributed by atoms with Crippen LogP contribution >= 0.6 is 12.4 Å². The molecule has 0 aromatic heterocycles. The van der Waals surface area contributed by atoms with Gasteiger partial charge in [-0.2, -0.15) is 0 Å². The molecule has 0 aliphatic heterocycles. The number of nitrogens with two attached hydrogens (primary N) is 1. The predicted molar refractivity (Wildman–Crippen MR) is 57.2 cm³/mol. The van der Waals surface area contributed by atoms with Gasteiger partial charge in [0.25, 0.3) is 0 Å². The molecule has 0 saturated carbocycles. The van der Waals surface area contributed by atoms with Gasteiger partial charge in [0.1, 0.15) is 17.6 Å². The van der Waals surface area contributed by atoms with Gasteiger partial charge < -0.3 is 10.8 Å². The van der Waals surface area contributed by atoms with Gasteiger partial charge in [0.05, 0.1) is 0 Å². The van der Waals surface area contributed by atoms with Crippen LogP contribution in [0.5, 0.6) is 0 Å². The Labute approximate surface area is 93.5 Å². The molecule has 2 atom stereocenters. The van der Waals surface area contributed by atoms with E-state index in [0.717, 1.165) is 0 Å². The van der Waals surface area contributed by atoms with E-state index in [1.54, 1.807) is 0 Å². The smallest absolute Gasteiger partial charge is 0.150 e. The first-order chi connectivity index (χ1) is 6.47. The lowest BCUT2D eigenvalue weighted by Crippen LogP contribution is -2.36. The van der Waals surface area contributed by atoms with Gasteiger partial charge in [-0.05, 0) is 24.6 Å². The van der Waals surface area contributed by atoms with Crippen LogP contribution in [-0.2, 0) is 0 Å². The maximum Gasteiger partial charge on any atom is 0.150 e. The third-order valence-corrected chi connectivity index (χ3v) is 2.16. The number of alkyl halides is 1. The maximum atomic E-state index is 13.5. The highest BCUT2D eigenvalue weighted by molar-refractivity contribution is 5.85. The van der Waals surface area contributed by atoms with Crippen LogP contribution in [0, 0.1) is 5.82 Å². The monoisotopic (exact) mass is 237 g/mol. The van der Waals surface area contributed by atoms with Crippen LogP contribution in [0.2, 0.25) is 0 Å². The van der Waals surface area contributed by atoms with Crippen molar-refractivity contribution in [3.8, 4) is 0 Å². The van der Waals surface area contributed by atoms with Crippen molar-refractivity contribution in [3.63, 3.8) is 0 Å². The molecular weight excluding hydrogens is 224 g/mol. The van der Waals surface area contributed by atoms with Gasteiger partial charge in [-0.3, -0.25) is 0 Å². The molecule has 0 aliphatic carbocycles. The number of benzene rings is 1. The first kappa shape index (κ1) is 14.3. The summed E-state index contributed by atoms with van der Waals surface area (Å²) in [6.07, 6.45) is -1.33. The van der Waals surface area contributed by atoms with E-state index in [1.807, 2.05) is 0 Å². The SMILES string of the molecule is C[C@](F)(CN)[C@@H](O)c1ccc(F)cc1.Cl. The number of halogens is 3. The van der Waals surface area contributed by atoms with Crippen molar-refractivity contribution < 1.29 is 13.9 Å². The molecule has 0 aliphatic rings. The van der Waals surface area contributed by atoms with Crippen LogP contribution in [0.3, 0.4) is 0 Å². The molecule has 5 heteroatoms. The molecule has 1 aromatic carbocycles. The lowest BCUT2D eigenvalue weighted by molar-refractivity contribution is 0.00899. The van der Waals surface area contributed by atoms with Gasteiger partial charge in [0, 0.05) is 6.54 Å². The van der Waals surface area contributed by atoms with Crippen LogP contribution in [-0.4, -0.2) is 17.3 Å². The molecule has 0 fully saturated rings. The van der Waals surface area contributed by atoms with E-state index in [2.05, 4.69) is 0 Å². The summed E-state index contributed by atoms with van der Waals surface area (Å²) in [6.45, 7) is 0.923. The molecule has 0 spiro atoms. The molecule has 2 nitrogen and oxygen atoms in total. The van der Waals surface area contributed by atoms with Gasteiger partial charge in [-0.15, -0.1) is 12.4 Å². The molecule has 1 rings (SSSR count). The van der Waals surface area contributed by atoms with Crippen LogP contribution in [0.15, 0.2) is 24.3 Å². The minimum Gasteiger partial charge on any atom is -0.385 e. The summed E-state index contributed by atoms with van der Waals surface area (Å²) in [5.74, 6) is -0.422. The Balaban J connectivity index is 0.00000196. The average Bonchev–Trinajstić information content (AvgIpc) is 2.18. The molecule has 0 heterocycles. The summed E-state index contributed by atoms with van der Waals surface area (Å²) in [5.41, 5.74) is 3.60. The minimum absolute atomic E-state index is 0. The Morgan fingerprint density at radius 2 is 1.87 bits per heavy atom. The zero-order chi connectivity index (χ0) is 10.8. The van der Waals surface area contributed by atoms with E-state index >= 15 is 0 Å². The van der Waals surface area contributed by atoms with Crippen molar-refractivity contribution in [2.24, 2.45) is 5.73 Å². The number of aliphatic hydroxyl groups is 1. The first-order valence-electron chi connectivity index (χ1n) is 4.30.